The normalized spacial score (nSPS) is 19.6. The van der Waals surface area contributed by atoms with Gasteiger partial charge in [-0.05, 0) is 41.7 Å². The van der Waals surface area contributed by atoms with Crippen LogP contribution in [0.25, 0.3) is 0 Å². The van der Waals surface area contributed by atoms with E-state index < -0.39 is 6.04 Å². The molecule has 162 valence electrons. The SMILES string of the molecule is CC1(C)CC(=O)C2=C(C1)Nc1c(N=Nc3ccccc3)c(=O)[nH]n1C2c1ccc(Cl)cc1. The highest BCUT2D eigenvalue weighted by Crippen LogP contribution is 2.47. The second-order valence-corrected chi connectivity index (χ2v) is 9.39. The van der Waals surface area contributed by atoms with Gasteiger partial charge in [-0.3, -0.25) is 19.4 Å². The van der Waals surface area contributed by atoms with Gasteiger partial charge in [0.15, 0.2) is 17.3 Å². The van der Waals surface area contributed by atoms with Crippen LogP contribution in [-0.2, 0) is 4.79 Å². The van der Waals surface area contributed by atoms with E-state index in [1.54, 1.807) is 16.8 Å². The molecule has 0 saturated carbocycles. The molecule has 8 heteroatoms. The van der Waals surface area contributed by atoms with E-state index in [2.05, 4.69) is 34.5 Å². The van der Waals surface area contributed by atoms with E-state index in [0.29, 0.717) is 34.9 Å². The highest BCUT2D eigenvalue weighted by Gasteiger charge is 2.42. The number of hydrogen-bond donors (Lipinski definition) is 2. The smallest absolute Gasteiger partial charge is 0.294 e. The summed E-state index contributed by atoms with van der Waals surface area (Å²) in [5, 5.41) is 15.3. The van der Waals surface area contributed by atoms with Gasteiger partial charge in [-0.2, -0.15) is 5.11 Å². The zero-order chi connectivity index (χ0) is 22.5. The molecule has 32 heavy (non-hydrogen) atoms. The minimum Gasteiger partial charge on any atom is -0.342 e. The van der Waals surface area contributed by atoms with Crippen LogP contribution < -0.4 is 10.9 Å². The lowest BCUT2D eigenvalue weighted by molar-refractivity contribution is -0.118. The molecular formula is C24H22ClN5O2. The number of benzene rings is 2. The third-order valence-electron chi connectivity index (χ3n) is 5.83. The van der Waals surface area contributed by atoms with Gasteiger partial charge in [0.25, 0.3) is 5.56 Å². The lowest BCUT2D eigenvalue weighted by atomic mass is 9.73. The molecule has 0 fully saturated rings. The van der Waals surface area contributed by atoms with E-state index in [1.807, 2.05) is 42.5 Å². The summed E-state index contributed by atoms with van der Waals surface area (Å²) in [7, 11) is 0. The van der Waals surface area contributed by atoms with Crippen molar-refractivity contribution in [1.29, 1.82) is 0 Å². The summed E-state index contributed by atoms with van der Waals surface area (Å²) >= 11 is 6.10. The maximum absolute atomic E-state index is 13.2. The number of carbonyl (C=O) groups is 1. The van der Waals surface area contributed by atoms with E-state index in [0.717, 1.165) is 11.3 Å². The van der Waals surface area contributed by atoms with Crippen molar-refractivity contribution >= 4 is 34.6 Å². The summed E-state index contributed by atoms with van der Waals surface area (Å²) in [6, 6.07) is 16.1. The number of rotatable bonds is 3. The maximum atomic E-state index is 13.2. The molecule has 0 bridgehead atoms. The quantitative estimate of drug-likeness (QED) is 0.489. The van der Waals surface area contributed by atoms with Crippen molar-refractivity contribution in [1.82, 2.24) is 9.78 Å². The Bertz CT molecular complexity index is 1320. The van der Waals surface area contributed by atoms with Crippen molar-refractivity contribution in [2.24, 2.45) is 15.6 Å². The Kier molecular flexibility index (Phi) is 4.86. The van der Waals surface area contributed by atoms with Crippen LogP contribution in [-0.4, -0.2) is 15.6 Å². The summed E-state index contributed by atoms with van der Waals surface area (Å²) in [4.78, 5) is 26.1. The first-order chi connectivity index (χ1) is 15.3. The Morgan fingerprint density at radius 1 is 1.00 bits per heavy atom. The van der Waals surface area contributed by atoms with Crippen molar-refractivity contribution < 1.29 is 4.79 Å². The van der Waals surface area contributed by atoms with Crippen molar-refractivity contribution in [3.63, 3.8) is 0 Å². The number of hydrogen-bond acceptors (Lipinski definition) is 5. The van der Waals surface area contributed by atoms with Crippen molar-refractivity contribution in [2.75, 3.05) is 5.32 Å². The minimum absolute atomic E-state index is 0.0661. The topological polar surface area (TPSA) is 91.6 Å². The molecule has 3 aromatic rings. The van der Waals surface area contributed by atoms with Crippen LogP contribution in [0.2, 0.25) is 5.02 Å². The summed E-state index contributed by atoms with van der Waals surface area (Å²) in [6.07, 6.45) is 1.13. The van der Waals surface area contributed by atoms with E-state index in [9.17, 15) is 9.59 Å². The molecule has 0 saturated heterocycles. The van der Waals surface area contributed by atoms with Crippen LogP contribution >= 0.6 is 11.6 Å². The molecular weight excluding hydrogens is 426 g/mol. The molecule has 1 aliphatic carbocycles. The number of ketones is 1. The highest BCUT2D eigenvalue weighted by molar-refractivity contribution is 6.30. The van der Waals surface area contributed by atoms with E-state index in [1.165, 1.54) is 0 Å². The number of H-pyrrole nitrogens is 1. The number of azo groups is 1. The van der Waals surface area contributed by atoms with E-state index >= 15 is 0 Å². The molecule has 2 N–H and O–H groups in total. The summed E-state index contributed by atoms with van der Waals surface area (Å²) in [6.45, 7) is 4.14. The van der Waals surface area contributed by atoms with Crippen LogP contribution in [0.3, 0.4) is 0 Å². The van der Waals surface area contributed by atoms with E-state index in [4.69, 9.17) is 11.6 Å². The van der Waals surface area contributed by atoms with Crippen LogP contribution in [0.5, 0.6) is 0 Å². The minimum atomic E-state index is -0.476. The largest absolute Gasteiger partial charge is 0.342 e. The number of aromatic nitrogens is 2. The molecule has 2 aliphatic rings. The fourth-order valence-electron chi connectivity index (χ4n) is 4.44. The molecule has 5 rings (SSSR count). The van der Waals surface area contributed by atoms with Crippen LogP contribution in [0.4, 0.5) is 17.2 Å². The second kappa shape index (κ2) is 7.60. The Labute approximate surface area is 189 Å². The van der Waals surface area contributed by atoms with Gasteiger partial charge in [0.2, 0.25) is 0 Å². The van der Waals surface area contributed by atoms with Gasteiger partial charge in [0, 0.05) is 22.7 Å². The third kappa shape index (κ3) is 3.58. The molecule has 1 aromatic heterocycles. The molecule has 7 nitrogen and oxygen atoms in total. The fraction of sp³-hybridized carbons (Fsp3) is 0.250. The molecule has 2 aromatic carbocycles. The van der Waals surface area contributed by atoms with Gasteiger partial charge in [-0.1, -0.05) is 55.8 Å². The Morgan fingerprint density at radius 3 is 2.44 bits per heavy atom. The number of nitrogens with one attached hydrogen (secondary N) is 2. The van der Waals surface area contributed by atoms with Crippen molar-refractivity contribution in [2.45, 2.75) is 32.7 Å². The average Bonchev–Trinajstić information content (AvgIpc) is 3.06. The Hall–Kier alpha value is -3.45. The first kappa shape index (κ1) is 20.5. The van der Waals surface area contributed by atoms with Gasteiger partial charge in [0.05, 0.1) is 5.69 Å². The molecule has 1 atom stereocenters. The fourth-order valence-corrected chi connectivity index (χ4v) is 4.57. The zero-order valence-corrected chi connectivity index (χ0v) is 18.5. The third-order valence-corrected chi connectivity index (χ3v) is 6.08. The van der Waals surface area contributed by atoms with Gasteiger partial charge < -0.3 is 5.32 Å². The monoisotopic (exact) mass is 447 g/mol. The second-order valence-electron chi connectivity index (χ2n) is 8.96. The number of allylic oxidation sites excluding steroid dienone is 2. The highest BCUT2D eigenvalue weighted by atomic mass is 35.5. The number of halogens is 1. The molecule has 2 heterocycles. The molecule has 0 spiro atoms. The number of anilines is 1. The lowest BCUT2D eigenvalue weighted by Gasteiger charge is -2.39. The number of nitrogens with zero attached hydrogens (tertiary/aromatic N) is 3. The lowest BCUT2D eigenvalue weighted by Crippen LogP contribution is -2.36. The van der Waals surface area contributed by atoms with Crippen molar-refractivity contribution in [3.8, 4) is 0 Å². The van der Waals surface area contributed by atoms with Gasteiger partial charge >= 0.3 is 0 Å². The molecule has 1 aliphatic heterocycles. The van der Waals surface area contributed by atoms with Crippen molar-refractivity contribution in [3.05, 3.63) is 86.8 Å². The van der Waals surface area contributed by atoms with Gasteiger partial charge in [-0.25, -0.2) is 0 Å². The first-order valence-electron chi connectivity index (χ1n) is 10.4. The number of aromatic amines is 1. The number of carbonyl (C=O) groups excluding carboxylic acids is 1. The molecule has 0 amide bonds. The van der Waals surface area contributed by atoms with Crippen LogP contribution in [0, 0.1) is 5.41 Å². The maximum Gasteiger partial charge on any atom is 0.294 e. The standard InChI is InChI=1S/C24H22ClN5O2/c1-24(2)12-17-19(18(31)13-24)21(14-8-10-15(25)11-9-14)30-22(26-17)20(23(32)29-30)28-27-16-6-4-3-5-7-16/h3-11,21,26H,12-13H2,1-2H3,(H,29,32). The van der Waals surface area contributed by atoms with Gasteiger partial charge in [0.1, 0.15) is 6.04 Å². The summed E-state index contributed by atoms with van der Waals surface area (Å²) in [5.41, 5.74) is 2.60. The van der Waals surface area contributed by atoms with Crippen LogP contribution in [0.15, 0.2) is 80.9 Å². The first-order valence-corrected chi connectivity index (χ1v) is 10.8. The van der Waals surface area contributed by atoms with Gasteiger partial charge in [-0.15, -0.1) is 5.11 Å². The molecule has 1 unspecified atom stereocenters. The van der Waals surface area contributed by atoms with Crippen LogP contribution in [0.1, 0.15) is 38.3 Å². The van der Waals surface area contributed by atoms with E-state index in [-0.39, 0.29) is 22.4 Å². The zero-order valence-electron chi connectivity index (χ0n) is 17.7. The Morgan fingerprint density at radius 2 is 1.72 bits per heavy atom. The summed E-state index contributed by atoms with van der Waals surface area (Å²) < 4.78 is 1.68. The number of Topliss-reactive ketones (excluding diaryl/α,β-unsaturated/α-hetero) is 1. The predicted octanol–water partition coefficient (Wildman–Crippen LogP) is 5.90. The molecule has 0 radical (unpaired) electrons. The summed E-state index contributed by atoms with van der Waals surface area (Å²) in [5.74, 6) is 0.565. The predicted molar refractivity (Wildman–Crippen MR) is 124 cm³/mol. The Balaban J connectivity index is 1.67. The average molecular weight is 448 g/mol. The number of fused-ring (bicyclic) bond motifs is 1.